The van der Waals surface area contributed by atoms with E-state index in [9.17, 15) is 8.42 Å². The van der Waals surface area contributed by atoms with Gasteiger partial charge in [0, 0.05) is 37.6 Å². The molecular weight excluding hydrogens is 338 g/mol. The van der Waals surface area contributed by atoms with E-state index < -0.39 is 10.0 Å². The van der Waals surface area contributed by atoms with Gasteiger partial charge in [-0.2, -0.15) is 4.31 Å². The minimum atomic E-state index is -3.42. The molecule has 134 valence electrons. The molecule has 2 aromatic carbocycles. The second kappa shape index (κ2) is 7.43. The van der Waals surface area contributed by atoms with Crippen LogP contribution in [0.1, 0.15) is 0 Å². The van der Waals surface area contributed by atoms with E-state index in [1.54, 1.807) is 35.7 Å². The summed E-state index contributed by atoms with van der Waals surface area (Å²) in [4.78, 5) is 2.46. The highest BCUT2D eigenvalue weighted by atomic mass is 32.2. The van der Waals surface area contributed by atoms with Gasteiger partial charge in [0.1, 0.15) is 5.75 Å². The summed E-state index contributed by atoms with van der Waals surface area (Å²) in [5, 5.41) is 3.25. The zero-order valence-corrected chi connectivity index (χ0v) is 15.3. The van der Waals surface area contributed by atoms with E-state index in [1.165, 1.54) is 0 Å². The van der Waals surface area contributed by atoms with Crippen LogP contribution in [0.15, 0.2) is 53.4 Å². The van der Waals surface area contributed by atoms with Crippen LogP contribution in [0.5, 0.6) is 5.75 Å². The van der Waals surface area contributed by atoms with Gasteiger partial charge < -0.3 is 15.0 Å². The van der Waals surface area contributed by atoms with Crippen LogP contribution in [0.2, 0.25) is 0 Å². The molecule has 0 atom stereocenters. The molecule has 3 rings (SSSR count). The standard InChI is InChI=1S/C18H23N3O3S/c1-20-11-13-21(14-12-20)25(22,23)18-9-5-16(6-10-18)19-15-3-7-17(24-2)8-4-15/h3-10,19H,11-14H2,1-2H3. The predicted molar refractivity (Wildman–Crippen MR) is 99.0 cm³/mol. The van der Waals surface area contributed by atoms with Crippen molar-refractivity contribution >= 4 is 21.4 Å². The predicted octanol–water partition coefficient (Wildman–Crippen LogP) is 2.37. The molecule has 6 nitrogen and oxygen atoms in total. The zero-order valence-electron chi connectivity index (χ0n) is 14.5. The summed E-state index contributed by atoms with van der Waals surface area (Å²) in [6.45, 7) is 2.59. The second-order valence-electron chi connectivity index (χ2n) is 6.09. The third kappa shape index (κ3) is 4.12. The van der Waals surface area contributed by atoms with Crippen molar-refractivity contribution in [2.24, 2.45) is 0 Å². The normalized spacial score (nSPS) is 16.6. The minimum absolute atomic E-state index is 0.331. The van der Waals surface area contributed by atoms with Crippen LogP contribution < -0.4 is 10.1 Å². The number of piperazine rings is 1. The van der Waals surface area contributed by atoms with Gasteiger partial charge in [-0.3, -0.25) is 0 Å². The number of anilines is 2. The first-order valence-corrected chi connectivity index (χ1v) is 9.63. The lowest BCUT2D eigenvalue weighted by atomic mass is 10.2. The van der Waals surface area contributed by atoms with Crippen LogP contribution >= 0.6 is 0 Å². The molecule has 1 fully saturated rings. The summed E-state index contributed by atoms with van der Waals surface area (Å²) >= 11 is 0. The van der Waals surface area contributed by atoms with Crippen LogP contribution in [-0.4, -0.2) is 58.0 Å². The van der Waals surface area contributed by atoms with Crippen LogP contribution in [0, 0.1) is 0 Å². The lowest BCUT2D eigenvalue weighted by Gasteiger charge is -2.31. The Labute approximate surface area is 149 Å². The quantitative estimate of drug-likeness (QED) is 0.886. The first-order valence-electron chi connectivity index (χ1n) is 8.19. The van der Waals surface area contributed by atoms with Gasteiger partial charge in [-0.25, -0.2) is 8.42 Å². The fourth-order valence-corrected chi connectivity index (χ4v) is 4.15. The van der Waals surface area contributed by atoms with Gasteiger partial charge in [0.05, 0.1) is 12.0 Å². The number of ether oxygens (including phenoxy) is 1. The summed E-state index contributed by atoms with van der Waals surface area (Å²) in [6, 6.07) is 14.4. The SMILES string of the molecule is COc1ccc(Nc2ccc(S(=O)(=O)N3CCN(C)CC3)cc2)cc1. The number of likely N-dealkylation sites (N-methyl/N-ethyl adjacent to an activating group) is 1. The number of nitrogens with one attached hydrogen (secondary N) is 1. The molecule has 0 amide bonds. The van der Waals surface area contributed by atoms with Crippen molar-refractivity contribution in [1.29, 1.82) is 0 Å². The number of hydrogen-bond donors (Lipinski definition) is 1. The average molecular weight is 361 g/mol. The molecule has 2 aromatic rings. The fourth-order valence-electron chi connectivity index (χ4n) is 2.73. The molecule has 0 unspecified atom stereocenters. The Hall–Kier alpha value is -2.09. The lowest BCUT2D eigenvalue weighted by Crippen LogP contribution is -2.46. The molecule has 0 aliphatic carbocycles. The second-order valence-corrected chi connectivity index (χ2v) is 8.02. The summed E-state index contributed by atoms with van der Waals surface area (Å²) in [7, 11) is 0.209. The third-order valence-electron chi connectivity index (χ3n) is 4.33. The minimum Gasteiger partial charge on any atom is -0.497 e. The van der Waals surface area contributed by atoms with E-state index in [-0.39, 0.29) is 0 Å². The Morgan fingerprint density at radius 1 is 0.880 bits per heavy atom. The maximum atomic E-state index is 12.7. The molecule has 1 N–H and O–H groups in total. The van der Waals surface area contributed by atoms with Crippen molar-refractivity contribution in [2.75, 3.05) is 45.7 Å². The molecule has 7 heteroatoms. The summed E-state index contributed by atoms with van der Waals surface area (Å²) in [6.07, 6.45) is 0. The van der Waals surface area contributed by atoms with E-state index in [0.29, 0.717) is 18.0 Å². The molecular formula is C18H23N3O3S. The van der Waals surface area contributed by atoms with Gasteiger partial charge in [0.25, 0.3) is 0 Å². The molecule has 0 spiro atoms. The molecule has 1 aliphatic rings. The van der Waals surface area contributed by atoms with Crippen LogP contribution in [0.25, 0.3) is 0 Å². The number of nitrogens with zero attached hydrogens (tertiary/aromatic N) is 2. The Balaban J connectivity index is 1.70. The first kappa shape index (κ1) is 17.7. The molecule has 0 radical (unpaired) electrons. The largest absolute Gasteiger partial charge is 0.497 e. The zero-order chi connectivity index (χ0) is 17.9. The number of methoxy groups -OCH3 is 1. The van der Waals surface area contributed by atoms with Gasteiger partial charge in [0.15, 0.2) is 0 Å². The van der Waals surface area contributed by atoms with Gasteiger partial charge in [-0.05, 0) is 55.6 Å². The molecule has 1 aliphatic heterocycles. The van der Waals surface area contributed by atoms with Crippen LogP contribution in [-0.2, 0) is 10.0 Å². The molecule has 0 bridgehead atoms. The van der Waals surface area contributed by atoms with Crippen LogP contribution in [0.4, 0.5) is 11.4 Å². The number of rotatable bonds is 5. The Bertz CT molecular complexity index is 796. The average Bonchev–Trinajstić information content (AvgIpc) is 2.63. The van der Waals surface area contributed by atoms with E-state index in [4.69, 9.17) is 4.74 Å². The smallest absolute Gasteiger partial charge is 0.243 e. The van der Waals surface area contributed by atoms with E-state index in [0.717, 1.165) is 30.2 Å². The van der Waals surface area contributed by atoms with Gasteiger partial charge in [-0.15, -0.1) is 0 Å². The third-order valence-corrected chi connectivity index (χ3v) is 6.25. The maximum Gasteiger partial charge on any atom is 0.243 e. The van der Waals surface area contributed by atoms with Crippen molar-refractivity contribution in [3.63, 3.8) is 0 Å². The molecule has 1 heterocycles. The molecule has 25 heavy (non-hydrogen) atoms. The van der Waals surface area contributed by atoms with Crippen LogP contribution in [0.3, 0.4) is 0 Å². The Morgan fingerprint density at radius 2 is 1.40 bits per heavy atom. The summed E-state index contributed by atoms with van der Waals surface area (Å²) in [5.41, 5.74) is 1.75. The number of sulfonamides is 1. The Kier molecular flexibility index (Phi) is 5.27. The number of hydrogen-bond acceptors (Lipinski definition) is 5. The van der Waals surface area contributed by atoms with Gasteiger partial charge in [-0.1, -0.05) is 0 Å². The van der Waals surface area contributed by atoms with Crippen molar-refractivity contribution in [1.82, 2.24) is 9.21 Å². The highest BCUT2D eigenvalue weighted by molar-refractivity contribution is 7.89. The van der Waals surface area contributed by atoms with Crippen molar-refractivity contribution in [3.8, 4) is 5.75 Å². The van der Waals surface area contributed by atoms with E-state index in [1.807, 2.05) is 31.3 Å². The van der Waals surface area contributed by atoms with Gasteiger partial charge in [0.2, 0.25) is 10.0 Å². The first-order chi connectivity index (χ1) is 12.0. The topological polar surface area (TPSA) is 61.9 Å². The summed E-state index contributed by atoms with van der Waals surface area (Å²) < 4.78 is 32.1. The van der Waals surface area contributed by atoms with Crippen molar-refractivity contribution in [2.45, 2.75) is 4.90 Å². The monoisotopic (exact) mass is 361 g/mol. The highest BCUT2D eigenvalue weighted by Gasteiger charge is 2.27. The van der Waals surface area contributed by atoms with Gasteiger partial charge >= 0.3 is 0 Å². The fraction of sp³-hybridized carbons (Fsp3) is 0.333. The van der Waals surface area contributed by atoms with E-state index >= 15 is 0 Å². The number of benzene rings is 2. The maximum absolute atomic E-state index is 12.7. The van der Waals surface area contributed by atoms with E-state index in [2.05, 4.69) is 10.2 Å². The lowest BCUT2D eigenvalue weighted by molar-refractivity contribution is 0.222. The highest BCUT2D eigenvalue weighted by Crippen LogP contribution is 2.23. The van der Waals surface area contributed by atoms with Crippen molar-refractivity contribution in [3.05, 3.63) is 48.5 Å². The Morgan fingerprint density at radius 3 is 1.92 bits per heavy atom. The molecule has 0 aromatic heterocycles. The summed E-state index contributed by atoms with van der Waals surface area (Å²) in [5.74, 6) is 0.791. The molecule has 1 saturated heterocycles. The van der Waals surface area contributed by atoms with Crippen molar-refractivity contribution < 1.29 is 13.2 Å². The molecule has 0 saturated carbocycles.